The van der Waals surface area contributed by atoms with Crippen molar-refractivity contribution in [1.29, 1.82) is 0 Å². The van der Waals surface area contributed by atoms with Gasteiger partial charge in [0, 0.05) is 28.1 Å². The van der Waals surface area contributed by atoms with E-state index in [1.165, 1.54) is 28.0 Å². The number of fused-ring (bicyclic) bond motifs is 1. The van der Waals surface area contributed by atoms with E-state index in [1.54, 1.807) is 6.20 Å². The molecule has 2 aromatic carbocycles. The maximum Gasteiger partial charge on any atom is 0.258 e. The van der Waals surface area contributed by atoms with Gasteiger partial charge in [0.25, 0.3) is 5.91 Å². The van der Waals surface area contributed by atoms with Crippen LogP contribution in [0.2, 0.25) is 0 Å². The van der Waals surface area contributed by atoms with Crippen molar-refractivity contribution in [3.63, 3.8) is 0 Å². The Morgan fingerprint density at radius 2 is 1.81 bits per heavy atom. The second-order valence-corrected chi connectivity index (χ2v) is 7.50. The van der Waals surface area contributed by atoms with Crippen LogP contribution in [0.1, 0.15) is 27.0 Å². The number of nitrogens with zero attached hydrogens (tertiary/aromatic N) is 2. The van der Waals surface area contributed by atoms with Crippen molar-refractivity contribution in [3.8, 4) is 11.3 Å². The van der Waals surface area contributed by atoms with Crippen LogP contribution >= 0.6 is 11.3 Å². The SMILES string of the molecule is Cc1cc(C)c(-c2csc(NC(=O)c3cccc4ncccc34)n2)c(C)c1. The number of aromatic nitrogens is 2. The van der Waals surface area contributed by atoms with Gasteiger partial charge in [-0.3, -0.25) is 15.1 Å². The number of pyridine rings is 1. The van der Waals surface area contributed by atoms with Crippen LogP contribution in [-0.2, 0) is 0 Å². The third-order valence-corrected chi connectivity index (χ3v) is 5.31. The lowest BCUT2D eigenvalue weighted by Gasteiger charge is -2.09. The number of anilines is 1. The molecule has 0 aliphatic rings. The van der Waals surface area contributed by atoms with E-state index in [0.717, 1.165) is 22.2 Å². The first kappa shape index (κ1) is 17.4. The highest BCUT2D eigenvalue weighted by Crippen LogP contribution is 2.31. The third-order valence-electron chi connectivity index (χ3n) is 4.55. The summed E-state index contributed by atoms with van der Waals surface area (Å²) in [7, 11) is 0. The van der Waals surface area contributed by atoms with Gasteiger partial charge in [-0.1, -0.05) is 29.8 Å². The lowest BCUT2D eigenvalue weighted by Crippen LogP contribution is -2.12. The number of thiazole rings is 1. The molecule has 2 aromatic heterocycles. The topological polar surface area (TPSA) is 54.9 Å². The molecule has 1 amide bonds. The van der Waals surface area contributed by atoms with E-state index in [0.29, 0.717) is 10.7 Å². The summed E-state index contributed by atoms with van der Waals surface area (Å²) < 4.78 is 0. The van der Waals surface area contributed by atoms with E-state index in [4.69, 9.17) is 0 Å². The number of hydrogen-bond donors (Lipinski definition) is 1. The van der Waals surface area contributed by atoms with Gasteiger partial charge < -0.3 is 0 Å². The van der Waals surface area contributed by atoms with Crippen molar-refractivity contribution >= 4 is 33.3 Å². The lowest BCUT2D eigenvalue weighted by molar-refractivity contribution is 0.102. The number of amides is 1. The molecule has 0 spiro atoms. The third kappa shape index (κ3) is 3.34. The van der Waals surface area contributed by atoms with Crippen molar-refractivity contribution in [2.45, 2.75) is 20.8 Å². The zero-order valence-electron chi connectivity index (χ0n) is 15.4. The van der Waals surface area contributed by atoms with E-state index in [9.17, 15) is 4.79 Å². The number of aryl methyl sites for hydroxylation is 3. The molecule has 4 rings (SSSR count). The smallest absolute Gasteiger partial charge is 0.258 e. The van der Waals surface area contributed by atoms with Crippen molar-refractivity contribution in [3.05, 3.63) is 76.3 Å². The molecule has 0 unspecified atom stereocenters. The average Bonchev–Trinajstić information content (AvgIpc) is 3.08. The summed E-state index contributed by atoms with van der Waals surface area (Å²) >= 11 is 1.44. The van der Waals surface area contributed by atoms with E-state index in [2.05, 4.69) is 48.2 Å². The minimum absolute atomic E-state index is 0.174. The molecule has 1 N–H and O–H groups in total. The second-order valence-electron chi connectivity index (χ2n) is 6.64. The molecule has 0 saturated carbocycles. The Hall–Kier alpha value is -3.05. The Balaban J connectivity index is 1.64. The molecule has 0 aliphatic heterocycles. The predicted molar refractivity (Wildman–Crippen MR) is 111 cm³/mol. The van der Waals surface area contributed by atoms with Crippen LogP contribution in [0.3, 0.4) is 0 Å². The molecule has 27 heavy (non-hydrogen) atoms. The number of hydrogen-bond acceptors (Lipinski definition) is 4. The van der Waals surface area contributed by atoms with Crippen LogP contribution in [0.25, 0.3) is 22.2 Å². The molecule has 0 aliphatic carbocycles. The van der Waals surface area contributed by atoms with Crippen LogP contribution in [0.4, 0.5) is 5.13 Å². The molecular formula is C22H19N3OS. The van der Waals surface area contributed by atoms with E-state index < -0.39 is 0 Å². The summed E-state index contributed by atoms with van der Waals surface area (Å²) in [5, 5.41) is 6.35. The van der Waals surface area contributed by atoms with Crippen LogP contribution in [-0.4, -0.2) is 15.9 Å². The highest BCUT2D eigenvalue weighted by Gasteiger charge is 2.15. The molecular weight excluding hydrogens is 354 g/mol. The number of rotatable bonds is 3. The first-order valence-electron chi connectivity index (χ1n) is 8.72. The van der Waals surface area contributed by atoms with Crippen molar-refractivity contribution in [2.24, 2.45) is 0 Å². The molecule has 4 nitrogen and oxygen atoms in total. The van der Waals surface area contributed by atoms with Crippen LogP contribution < -0.4 is 5.32 Å². The van der Waals surface area contributed by atoms with Gasteiger partial charge in [-0.15, -0.1) is 11.3 Å². The molecule has 0 bridgehead atoms. The molecule has 0 saturated heterocycles. The molecule has 134 valence electrons. The van der Waals surface area contributed by atoms with Gasteiger partial charge >= 0.3 is 0 Å². The number of carbonyl (C=O) groups is 1. The average molecular weight is 373 g/mol. The van der Waals surface area contributed by atoms with E-state index >= 15 is 0 Å². The number of carbonyl (C=O) groups excluding carboxylic acids is 1. The Bertz CT molecular complexity index is 1130. The highest BCUT2D eigenvalue weighted by molar-refractivity contribution is 7.14. The van der Waals surface area contributed by atoms with Gasteiger partial charge in [0.2, 0.25) is 0 Å². The molecule has 0 radical (unpaired) electrons. The largest absolute Gasteiger partial charge is 0.298 e. The minimum atomic E-state index is -0.174. The summed E-state index contributed by atoms with van der Waals surface area (Å²) in [5.74, 6) is -0.174. The zero-order chi connectivity index (χ0) is 19.0. The van der Waals surface area contributed by atoms with E-state index in [-0.39, 0.29) is 5.91 Å². The minimum Gasteiger partial charge on any atom is -0.298 e. The van der Waals surface area contributed by atoms with Gasteiger partial charge in [-0.05, 0) is 50.1 Å². The number of benzene rings is 2. The second kappa shape index (κ2) is 6.93. The molecule has 5 heteroatoms. The molecule has 4 aromatic rings. The Labute approximate surface area is 161 Å². The highest BCUT2D eigenvalue weighted by atomic mass is 32.1. The van der Waals surface area contributed by atoms with Crippen LogP contribution in [0, 0.1) is 20.8 Å². The fourth-order valence-electron chi connectivity index (χ4n) is 3.50. The monoisotopic (exact) mass is 373 g/mol. The Kier molecular flexibility index (Phi) is 4.46. The van der Waals surface area contributed by atoms with Crippen molar-refractivity contribution in [2.75, 3.05) is 5.32 Å². The first-order chi connectivity index (χ1) is 13.0. The van der Waals surface area contributed by atoms with Gasteiger partial charge in [-0.2, -0.15) is 0 Å². The summed E-state index contributed by atoms with van der Waals surface area (Å²) in [6.07, 6.45) is 1.73. The fraction of sp³-hybridized carbons (Fsp3) is 0.136. The van der Waals surface area contributed by atoms with Crippen molar-refractivity contribution < 1.29 is 4.79 Å². The maximum atomic E-state index is 12.8. The summed E-state index contributed by atoms with van der Waals surface area (Å²) in [5.41, 5.74) is 7.04. The molecule has 0 fully saturated rings. The summed E-state index contributed by atoms with van der Waals surface area (Å²) in [6.45, 7) is 6.28. The Morgan fingerprint density at radius 1 is 1.04 bits per heavy atom. The first-order valence-corrected chi connectivity index (χ1v) is 9.60. The Morgan fingerprint density at radius 3 is 2.59 bits per heavy atom. The summed E-state index contributed by atoms with van der Waals surface area (Å²) in [4.78, 5) is 21.7. The van der Waals surface area contributed by atoms with Gasteiger partial charge in [0.1, 0.15) is 0 Å². The van der Waals surface area contributed by atoms with Crippen molar-refractivity contribution in [1.82, 2.24) is 9.97 Å². The molecule has 2 heterocycles. The normalized spacial score (nSPS) is 10.9. The quantitative estimate of drug-likeness (QED) is 0.513. The van der Waals surface area contributed by atoms with Crippen LogP contribution in [0.5, 0.6) is 0 Å². The van der Waals surface area contributed by atoms with Gasteiger partial charge in [0.05, 0.1) is 11.2 Å². The van der Waals surface area contributed by atoms with E-state index in [1.807, 2.05) is 35.7 Å². The van der Waals surface area contributed by atoms with Gasteiger partial charge in [-0.25, -0.2) is 4.98 Å². The van der Waals surface area contributed by atoms with Gasteiger partial charge in [0.15, 0.2) is 5.13 Å². The zero-order valence-corrected chi connectivity index (χ0v) is 16.2. The summed E-state index contributed by atoms with van der Waals surface area (Å²) in [6, 6.07) is 13.6. The predicted octanol–water partition coefficient (Wildman–Crippen LogP) is 5.54. The number of nitrogens with one attached hydrogen (secondary N) is 1. The fourth-order valence-corrected chi connectivity index (χ4v) is 4.19. The molecule has 0 atom stereocenters. The lowest BCUT2D eigenvalue weighted by atomic mass is 9.98. The maximum absolute atomic E-state index is 12.8. The standard InChI is InChI=1S/C22H19N3OS/c1-13-10-14(2)20(15(3)11-13)19-12-27-22(24-19)25-21(26)17-6-4-8-18-16(17)7-5-9-23-18/h4-12H,1-3H3,(H,24,25,26). The van der Waals surface area contributed by atoms with Crippen LogP contribution in [0.15, 0.2) is 54.0 Å².